The van der Waals surface area contributed by atoms with Crippen molar-refractivity contribution in [1.82, 2.24) is 14.9 Å². The first kappa shape index (κ1) is 21.6. The molecule has 3 aromatic rings. The lowest BCUT2D eigenvalue weighted by Crippen LogP contribution is -2.42. The molecule has 1 N–H and O–H groups in total. The van der Waals surface area contributed by atoms with Gasteiger partial charge in [-0.3, -0.25) is 9.59 Å². The van der Waals surface area contributed by atoms with E-state index in [1.807, 2.05) is 77.1 Å². The van der Waals surface area contributed by atoms with Crippen LogP contribution in [0.5, 0.6) is 0 Å². The average molecular weight is 434 g/mol. The molecule has 2 amide bonds. The number of benzene rings is 2. The number of rotatable bonds is 6. The van der Waals surface area contributed by atoms with Crippen LogP contribution in [0, 0.1) is 0 Å². The second-order valence-electron chi connectivity index (χ2n) is 7.87. The highest BCUT2D eigenvalue weighted by atomic mass is 16.5. The first-order valence-electron chi connectivity index (χ1n) is 10.6. The van der Waals surface area contributed by atoms with Gasteiger partial charge >= 0.3 is 0 Å². The number of para-hydroxylation sites is 1. The molecule has 0 radical (unpaired) electrons. The fourth-order valence-corrected chi connectivity index (χ4v) is 3.72. The average Bonchev–Trinajstić information content (AvgIpc) is 3.17. The van der Waals surface area contributed by atoms with E-state index in [1.54, 1.807) is 12.3 Å². The van der Waals surface area contributed by atoms with Crippen LogP contribution in [-0.2, 0) is 16.1 Å². The molecule has 1 aromatic heterocycles. The molecule has 8 nitrogen and oxygen atoms in total. The van der Waals surface area contributed by atoms with Crippen LogP contribution in [0.25, 0.3) is 10.9 Å². The van der Waals surface area contributed by atoms with Crippen molar-refractivity contribution in [2.45, 2.75) is 6.54 Å². The van der Waals surface area contributed by atoms with E-state index in [-0.39, 0.29) is 18.4 Å². The third kappa shape index (κ3) is 4.81. The van der Waals surface area contributed by atoms with Crippen molar-refractivity contribution in [2.75, 3.05) is 45.3 Å². The van der Waals surface area contributed by atoms with Gasteiger partial charge in [0.15, 0.2) is 0 Å². The highest BCUT2D eigenvalue weighted by Crippen LogP contribution is 2.20. The molecule has 0 unspecified atom stereocenters. The zero-order valence-corrected chi connectivity index (χ0v) is 18.3. The molecular formula is C24H27N5O3. The Morgan fingerprint density at radius 3 is 2.69 bits per heavy atom. The lowest BCUT2D eigenvalue weighted by molar-refractivity contribution is -0.135. The maximum absolute atomic E-state index is 12.7. The number of anilines is 1. The Bertz CT molecular complexity index is 1150. The van der Waals surface area contributed by atoms with Crippen molar-refractivity contribution < 1.29 is 14.3 Å². The number of carbonyl (C=O) groups is 2. The summed E-state index contributed by atoms with van der Waals surface area (Å²) >= 11 is 0. The summed E-state index contributed by atoms with van der Waals surface area (Å²) < 4.78 is 7.26. The van der Waals surface area contributed by atoms with Gasteiger partial charge in [0.2, 0.25) is 5.91 Å². The number of amides is 2. The van der Waals surface area contributed by atoms with Crippen LogP contribution in [0.1, 0.15) is 15.9 Å². The van der Waals surface area contributed by atoms with Crippen molar-refractivity contribution in [3.63, 3.8) is 0 Å². The highest BCUT2D eigenvalue weighted by molar-refractivity contribution is 6.01. The number of hydrogen-bond acceptors (Lipinski definition) is 5. The maximum Gasteiger partial charge on any atom is 0.271 e. The molecule has 0 saturated carbocycles. The minimum Gasteiger partial charge on any atom is -0.378 e. The van der Waals surface area contributed by atoms with Gasteiger partial charge < -0.3 is 19.1 Å². The van der Waals surface area contributed by atoms with Crippen molar-refractivity contribution in [2.24, 2.45) is 5.10 Å². The Morgan fingerprint density at radius 2 is 1.91 bits per heavy atom. The summed E-state index contributed by atoms with van der Waals surface area (Å²) in [7, 11) is 3.85. The Morgan fingerprint density at radius 1 is 1.12 bits per heavy atom. The minimum absolute atomic E-state index is 0.0617. The summed E-state index contributed by atoms with van der Waals surface area (Å²) in [6.07, 6.45) is 3.51. The van der Waals surface area contributed by atoms with Crippen LogP contribution in [-0.4, -0.2) is 67.9 Å². The molecule has 32 heavy (non-hydrogen) atoms. The third-order valence-corrected chi connectivity index (χ3v) is 5.48. The predicted molar refractivity (Wildman–Crippen MR) is 125 cm³/mol. The highest BCUT2D eigenvalue weighted by Gasteiger charge is 2.18. The summed E-state index contributed by atoms with van der Waals surface area (Å²) in [5.74, 6) is -0.220. The van der Waals surface area contributed by atoms with E-state index in [2.05, 4.69) is 10.5 Å². The summed E-state index contributed by atoms with van der Waals surface area (Å²) in [5.41, 5.74) is 5.84. The summed E-state index contributed by atoms with van der Waals surface area (Å²) in [5, 5.41) is 5.13. The van der Waals surface area contributed by atoms with Gasteiger partial charge in [-0.05, 0) is 24.3 Å². The molecule has 1 fully saturated rings. The van der Waals surface area contributed by atoms with E-state index in [9.17, 15) is 9.59 Å². The number of ether oxygens (including phenoxy) is 1. The Kier molecular flexibility index (Phi) is 6.51. The summed E-state index contributed by atoms with van der Waals surface area (Å²) in [6.45, 7) is 2.64. The summed E-state index contributed by atoms with van der Waals surface area (Å²) in [6, 6.07) is 15.2. The van der Waals surface area contributed by atoms with E-state index in [0.29, 0.717) is 31.9 Å². The smallest absolute Gasteiger partial charge is 0.271 e. The van der Waals surface area contributed by atoms with Gasteiger partial charge in [-0.15, -0.1) is 0 Å². The van der Waals surface area contributed by atoms with Crippen molar-refractivity contribution in [3.8, 4) is 0 Å². The van der Waals surface area contributed by atoms with Gasteiger partial charge in [0.05, 0.1) is 19.4 Å². The molecule has 1 saturated heterocycles. The number of nitrogens with zero attached hydrogens (tertiary/aromatic N) is 4. The molecular weight excluding hydrogens is 406 g/mol. The maximum atomic E-state index is 12.7. The molecule has 2 aromatic carbocycles. The number of hydrogen-bond donors (Lipinski definition) is 1. The SMILES string of the molecule is CN(C)c1cccc(C(=O)N/N=C/c2cn(CC(=O)N3CCOCC3)c3ccccc23)c1. The van der Waals surface area contributed by atoms with Crippen molar-refractivity contribution >= 4 is 34.6 Å². The molecule has 8 heteroatoms. The molecule has 2 heterocycles. The number of aromatic nitrogens is 1. The van der Waals surface area contributed by atoms with E-state index in [0.717, 1.165) is 22.2 Å². The molecule has 1 aliphatic rings. The minimum atomic E-state index is -0.281. The first-order valence-corrected chi connectivity index (χ1v) is 10.6. The van der Waals surface area contributed by atoms with Crippen molar-refractivity contribution in [3.05, 3.63) is 65.9 Å². The van der Waals surface area contributed by atoms with Gasteiger partial charge in [-0.2, -0.15) is 5.10 Å². The largest absolute Gasteiger partial charge is 0.378 e. The van der Waals surface area contributed by atoms with Crippen molar-refractivity contribution in [1.29, 1.82) is 0 Å². The fourth-order valence-electron chi connectivity index (χ4n) is 3.72. The fraction of sp³-hybridized carbons (Fsp3) is 0.292. The van der Waals surface area contributed by atoms with E-state index in [1.165, 1.54) is 0 Å². The molecule has 0 spiro atoms. The first-order chi connectivity index (χ1) is 15.5. The standard InChI is InChI=1S/C24H27N5O3/c1-27(2)20-7-5-6-18(14-20)24(31)26-25-15-19-16-29(22-9-4-3-8-21(19)22)17-23(30)28-10-12-32-13-11-28/h3-9,14-16H,10-13,17H2,1-2H3,(H,26,31)/b25-15+. The normalized spacial score (nSPS) is 14.1. The third-order valence-electron chi connectivity index (χ3n) is 5.48. The van der Waals surface area contributed by atoms with Crippen LogP contribution in [0.15, 0.2) is 59.8 Å². The lowest BCUT2D eigenvalue weighted by Gasteiger charge is -2.27. The molecule has 166 valence electrons. The lowest BCUT2D eigenvalue weighted by atomic mass is 10.2. The van der Waals surface area contributed by atoms with Crippen LogP contribution >= 0.6 is 0 Å². The Hall–Kier alpha value is -3.65. The molecule has 4 rings (SSSR count). The molecule has 0 atom stereocenters. The van der Waals surface area contributed by atoms with Crippen LogP contribution < -0.4 is 10.3 Å². The topological polar surface area (TPSA) is 79.2 Å². The van der Waals surface area contributed by atoms with Gasteiger partial charge in [0.25, 0.3) is 5.91 Å². The number of carbonyl (C=O) groups excluding carboxylic acids is 2. The van der Waals surface area contributed by atoms with Crippen LogP contribution in [0.4, 0.5) is 5.69 Å². The van der Waals surface area contributed by atoms with Gasteiger partial charge in [-0.1, -0.05) is 24.3 Å². The summed E-state index contributed by atoms with van der Waals surface area (Å²) in [4.78, 5) is 29.0. The van der Waals surface area contributed by atoms with E-state index in [4.69, 9.17) is 4.74 Å². The molecule has 0 aliphatic carbocycles. The number of fused-ring (bicyclic) bond motifs is 1. The zero-order valence-electron chi connectivity index (χ0n) is 18.3. The molecule has 1 aliphatic heterocycles. The quantitative estimate of drug-likeness (QED) is 0.478. The second-order valence-corrected chi connectivity index (χ2v) is 7.87. The van der Waals surface area contributed by atoms with Gasteiger partial charge in [0.1, 0.15) is 6.54 Å². The van der Waals surface area contributed by atoms with Crippen LogP contribution in [0.2, 0.25) is 0 Å². The van der Waals surface area contributed by atoms with E-state index < -0.39 is 0 Å². The van der Waals surface area contributed by atoms with Crippen LogP contribution in [0.3, 0.4) is 0 Å². The number of hydrazone groups is 1. The van der Waals surface area contributed by atoms with E-state index >= 15 is 0 Å². The predicted octanol–water partition coefficient (Wildman–Crippen LogP) is 2.33. The Labute approximate surface area is 187 Å². The van der Waals surface area contributed by atoms with Gasteiger partial charge in [0, 0.05) is 61.1 Å². The second kappa shape index (κ2) is 9.65. The molecule has 0 bridgehead atoms. The number of morpholine rings is 1. The zero-order chi connectivity index (χ0) is 22.5. The monoisotopic (exact) mass is 433 g/mol. The van der Waals surface area contributed by atoms with Gasteiger partial charge in [-0.25, -0.2) is 5.43 Å². The number of nitrogens with one attached hydrogen (secondary N) is 1. The Balaban J connectivity index is 1.49.